The van der Waals surface area contributed by atoms with Crippen LogP contribution >= 0.6 is 0 Å². The summed E-state index contributed by atoms with van der Waals surface area (Å²) in [6.45, 7) is 3.37. The minimum absolute atomic E-state index is 0.121. The Kier molecular flexibility index (Phi) is 3.74. The first-order valence-corrected chi connectivity index (χ1v) is 7.07. The standard InChI is InChI=1S/C10H12N4O5S/c1-3-18-9(15)7-4-11-13-8(7)20(16,17)14-10-12-6(2)5-19-10/h4-5H,3H2,1-2H3,(H,11,13)(H,12,14). The van der Waals surface area contributed by atoms with Crippen molar-refractivity contribution in [3.05, 3.63) is 23.7 Å². The van der Waals surface area contributed by atoms with E-state index in [9.17, 15) is 13.2 Å². The van der Waals surface area contributed by atoms with E-state index in [1.807, 2.05) is 0 Å². The van der Waals surface area contributed by atoms with Gasteiger partial charge in [0.25, 0.3) is 10.0 Å². The van der Waals surface area contributed by atoms with Gasteiger partial charge in [-0.3, -0.25) is 5.10 Å². The van der Waals surface area contributed by atoms with E-state index in [0.29, 0.717) is 5.69 Å². The van der Waals surface area contributed by atoms with Crippen LogP contribution in [-0.4, -0.2) is 36.2 Å². The molecule has 0 unspecified atom stereocenters. The number of aromatic amines is 1. The highest BCUT2D eigenvalue weighted by molar-refractivity contribution is 7.92. The average molecular weight is 300 g/mol. The Bertz CT molecular complexity index is 718. The van der Waals surface area contributed by atoms with Crippen LogP contribution in [0.25, 0.3) is 0 Å². The summed E-state index contributed by atoms with van der Waals surface area (Å²) in [5, 5.41) is 5.37. The number of nitrogens with zero attached hydrogens (tertiary/aromatic N) is 2. The summed E-state index contributed by atoms with van der Waals surface area (Å²) in [4.78, 5) is 15.4. The van der Waals surface area contributed by atoms with Crippen LogP contribution in [0.4, 0.5) is 6.01 Å². The second kappa shape index (κ2) is 5.33. The Labute approximate surface area is 114 Å². The van der Waals surface area contributed by atoms with Crippen molar-refractivity contribution in [3.8, 4) is 0 Å². The first-order valence-electron chi connectivity index (χ1n) is 5.59. The van der Waals surface area contributed by atoms with E-state index < -0.39 is 21.0 Å². The van der Waals surface area contributed by atoms with Gasteiger partial charge >= 0.3 is 12.0 Å². The topological polar surface area (TPSA) is 127 Å². The zero-order valence-electron chi connectivity index (χ0n) is 10.7. The highest BCUT2D eigenvalue weighted by atomic mass is 32.2. The Balaban J connectivity index is 2.30. The maximum absolute atomic E-state index is 12.1. The molecule has 2 aromatic rings. The van der Waals surface area contributed by atoms with Crippen LogP contribution in [0.5, 0.6) is 0 Å². The van der Waals surface area contributed by atoms with E-state index in [1.54, 1.807) is 13.8 Å². The lowest BCUT2D eigenvalue weighted by atomic mass is 10.4. The molecule has 0 fully saturated rings. The molecule has 0 aliphatic carbocycles. The van der Waals surface area contributed by atoms with Crippen molar-refractivity contribution in [2.45, 2.75) is 18.9 Å². The molecule has 2 N–H and O–H groups in total. The maximum Gasteiger partial charge on any atom is 0.342 e. The van der Waals surface area contributed by atoms with E-state index in [-0.39, 0.29) is 18.2 Å². The number of nitrogens with one attached hydrogen (secondary N) is 2. The van der Waals surface area contributed by atoms with Gasteiger partial charge in [-0.05, 0) is 13.8 Å². The number of H-pyrrole nitrogens is 1. The molecule has 0 aromatic carbocycles. The molecular weight excluding hydrogens is 288 g/mol. The fourth-order valence-corrected chi connectivity index (χ4v) is 2.42. The van der Waals surface area contributed by atoms with Crippen molar-refractivity contribution in [1.29, 1.82) is 0 Å². The Morgan fingerprint density at radius 3 is 2.90 bits per heavy atom. The van der Waals surface area contributed by atoms with Crippen molar-refractivity contribution in [3.63, 3.8) is 0 Å². The fourth-order valence-electron chi connectivity index (χ4n) is 1.40. The van der Waals surface area contributed by atoms with E-state index in [4.69, 9.17) is 9.15 Å². The van der Waals surface area contributed by atoms with Gasteiger partial charge in [0, 0.05) is 0 Å². The highest BCUT2D eigenvalue weighted by Crippen LogP contribution is 2.17. The van der Waals surface area contributed by atoms with Gasteiger partial charge in [0.15, 0.2) is 5.03 Å². The molecule has 0 radical (unpaired) electrons. The number of rotatable bonds is 5. The molecule has 10 heteroatoms. The summed E-state index contributed by atoms with van der Waals surface area (Å²) in [6.07, 6.45) is 2.37. The summed E-state index contributed by atoms with van der Waals surface area (Å²) in [7, 11) is -4.08. The zero-order chi connectivity index (χ0) is 14.8. The second-order valence-corrected chi connectivity index (χ2v) is 5.35. The van der Waals surface area contributed by atoms with Gasteiger partial charge < -0.3 is 9.15 Å². The summed E-state index contributed by atoms with van der Waals surface area (Å²) in [5.74, 6) is -0.787. The Morgan fingerprint density at radius 1 is 1.55 bits per heavy atom. The molecular formula is C10H12N4O5S. The number of anilines is 1. The molecule has 9 nitrogen and oxygen atoms in total. The molecule has 0 bridgehead atoms. The third kappa shape index (κ3) is 2.79. The van der Waals surface area contributed by atoms with Crippen LogP contribution in [0.1, 0.15) is 23.0 Å². The lowest BCUT2D eigenvalue weighted by Crippen LogP contribution is -2.17. The first-order chi connectivity index (χ1) is 9.44. The number of hydrogen-bond donors (Lipinski definition) is 2. The van der Waals surface area contributed by atoms with Gasteiger partial charge in [-0.2, -0.15) is 18.5 Å². The van der Waals surface area contributed by atoms with Crippen molar-refractivity contribution >= 4 is 22.0 Å². The number of ether oxygens (including phenoxy) is 1. The quantitative estimate of drug-likeness (QED) is 0.777. The molecule has 2 rings (SSSR count). The number of esters is 1. The normalized spacial score (nSPS) is 11.3. The van der Waals surface area contributed by atoms with E-state index in [0.717, 1.165) is 6.20 Å². The van der Waals surface area contributed by atoms with Gasteiger partial charge in [-0.1, -0.05) is 0 Å². The number of carbonyl (C=O) groups is 1. The smallest absolute Gasteiger partial charge is 0.342 e. The van der Waals surface area contributed by atoms with Gasteiger partial charge in [-0.25, -0.2) is 9.52 Å². The van der Waals surface area contributed by atoms with Gasteiger partial charge in [0.05, 0.1) is 18.5 Å². The number of sulfonamides is 1. The monoisotopic (exact) mass is 300 g/mol. The molecule has 0 aliphatic rings. The van der Waals surface area contributed by atoms with E-state index in [2.05, 4.69) is 19.9 Å². The SMILES string of the molecule is CCOC(=O)c1cn[nH]c1S(=O)(=O)Nc1nc(C)co1. The molecule has 0 saturated heterocycles. The summed E-state index contributed by atoms with van der Waals surface area (Å²) in [5.41, 5.74) is 0.320. The summed E-state index contributed by atoms with van der Waals surface area (Å²) >= 11 is 0. The average Bonchev–Trinajstić information content (AvgIpc) is 2.98. The molecule has 108 valence electrons. The van der Waals surface area contributed by atoms with Gasteiger partial charge in [-0.15, -0.1) is 0 Å². The van der Waals surface area contributed by atoms with Crippen LogP contribution in [0.2, 0.25) is 0 Å². The van der Waals surface area contributed by atoms with E-state index >= 15 is 0 Å². The minimum atomic E-state index is -4.08. The highest BCUT2D eigenvalue weighted by Gasteiger charge is 2.27. The predicted molar refractivity (Wildman–Crippen MR) is 66.6 cm³/mol. The van der Waals surface area contributed by atoms with Crippen LogP contribution in [-0.2, 0) is 14.8 Å². The number of aromatic nitrogens is 3. The number of oxazole rings is 1. The number of hydrogen-bond acceptors (Lipinski definition) is 7. The van der Waals surface area contributed by atoms with E-state index in [1.165, 1.54) is 6.26 Å². The minimum Gasteiger partial charge on any atom is -0.462 e. The first kappa shape index (κ1) is 14.1. The van der Waals surface area contributed by atoms with Crippen molar-refractivity contribution in [2.75, 3.05) is 11.3 Å². The molecule has 0 spiro atoms. The number of aryl methyl sites for hydroxylation is 1. The molecule has 0 amide bonds. The Hall–Kier alpha value is -2.36. The lowest BCUT2D eigenvalue weighted by molar-refractivity contribution is 0.0522. The predicted octanol–water partition coefficient (Wildman–Crippen LogP) is 0.684. The third-order valence-electron chi connectivity index (χ3n) is 2.21. The molecule has 0 aliphatic heterocycles. The van der Waals surface area contributed by atoms with Crippen molar-refractivity contribution in [1.82, 2.24) is 15.2 Å². The fraction of sp³-hybridized carbons (Fsp3) is 0.300. The molecule has 0 atom stereocenters. The molecule has 0 saturated carbocycles. The van der Waals surface area contributed by atoms with Gasteiger partial charge in [0.2, 0.25) is 0 Å². The molecule has 2 heterocycles. The van der Waals surface area contributed by atoms with Gasteiger partial charge in [0.1, 0.15) is 11.8 Å². The van der Waals surface area contributed by atoms with Crippen LogP contribution in [0.3, 0.4) is 0 Å². The third-order valence-corrected chi connectivity index (χ3v) is 3.50. The zero-order valence-corrected chi connectivity index (χ0v) is 11.5. The van der Waals surface area contributed by atoms with Crippen LogP contribution in [0, 0.1) is 6.92 Å². The number of carbonyl (C=O) groups excluding carboxylic acids is 1. The maximum atomic E-state index is 12.1. The summed E-state index contributed by atoms with van der Waals surface area (Å²) in [6, 6.07) is -0.202. The summed E-state index contributed by atoms with van der Waals surface area (Å²) < 4.78 is 36.0. The molecule has 2 aromatic heterocycles. The second-order valence-electron chi connectivity index (χ2n) is 3.73. The largest absolute Gasteiger partial charge is 0.462 e. The lowest BCUT2D eigenvalue weighted by Gasteiger charge is -2.04. The Morgan fingerprint density at radius 2 is 2.30 bits per heavy atom. The molecule has 20 heavy (non-hydrogen) atoms. The van der Waals surface area contributed by atoms with Crippen molar-refractivity contribution in [2.24, 2.45) is 0 Å². The van der Waals surface area contributed by atoms with Crippen LogP contribution < -0.4 is 4.72 Å². The van der Waals surface area contributed by atoms with Crippen molar-refractivity contribution < 1.29 is 22.4 Å². The van der Waals surface area contributed by atoms with Crippen LogP contribution in [0.15, 0.2) is 21.9 Å².